The summed E-state index contributed by atoms with van der Waals surface area (Å²) in [6.45, 7) is 5.61. The maximum Gasteiger partial charge on any atom is 0.0255 e. The van der Waals surface area contributed by atoms with Crippen LogP contribution in [0.1, 0.15) is 13.3 Å². The largest absolute Gasteiger partial charge is 0.305 e. The summed E-state index contributed by atoms with van der Waals surface area (Å²) >= 11 is 0. The van der Waals surface area contributed by atoms with Crippen molar-refractivity contribution >= 4 is 0 Å². The summed E-state index contributed by atoms with van der Waals surface area (Å²) in [6, 6.07) is 0. The van der Waals surface area contributed by atoms with Gasteiger partial charge in [0.1, 0.15) is 0 Å². The number of rotatable bonds is 6. The summed E-state index contributed by atoms with van der Waals surface area (Å²) < 4.78 is 0. The van der Waals surface area contributed by atoms with Crippen LogP contribution in [0.4, 0.5) is 0 Å². The molecule has 0 radical (unpaired) electrons. The number of hydrogen-bond donors (Lipinski definition) is 1. The van der Waals surface area contributed by atoms with Crippen LogP contribution in [0.5, 0.6) is 0 Å². The second-order valence-electron chi connectivity index (χ2n) is 2.95. The highest BCUT2D eigenvalue weighted by molar-refractivity contribution is 4.51. The van der Waals surface area contributed by atoms with Gasteiger partial charge in [-0.25, -0.2) is 5.01 Å². The van der Waals surface area contributed by atoms with Crippen molar-refractivity contribution < 1.29 is 0 Å². The summed E-state index contributed by atoms with van der Waals surface area (Å²) in [4.78, 5) is 2.34. The Labute approximate surface area is 70.3 Å². The van der Waals surface area contributed by atoms with Crippen molar-refractivity contribution in [2.75, 3.05) is 40.8 Å². The van der Waals surface area contributed by atoms with Crippen molar-refractivity contribution in [2.24, 2.45) is 0 Å². The van der Waals surface area contributed by atoms with Gasteiger partial charge in [0.15, 0.2) is 0 Å². The highest BCUT2D eigenvalue weighted by atomic mass is 15.5. The Morgan fingerprint density at radius 3 is 2.18 bits per heavy atom. The predicted octanol–water partition coefficient (Wildman–Crippen LogP) is 0.394. The molecule has 0 aliphatic heterocycles. The van der Waals surface area contributed by atoms with Gasteiger partial charge in [-0.05, 0) is 27.1 Å². The highest BCUT2D eigenvalue weighted by Crippen LogP contribution is 1.85. The van der Waals surface area contributed by atoms with Crippen molar-refractivity contribution in [1.29, 1.82) is 0 Å². The molecule has 0 amide bonds. The van der Waals surface area contributed by atoms with E-state index >= 15 is 0 Å². The molecule has 0 rings (SSSR count). The van der Waals surface area contributed by atoms with Crippen molar-refractivity contribution in [3.05, 3.63) is 0 Å². The normalized spacial score (nSPS) is 11.5. The van der Waals surface area contributed by atoms with E-state index in [1.54, 1.807) is 0 Å². The summed E-state index contributed by atoms with van der Waals surface area (Å²) in [5.41, 5.74) is 3.07. The van der Waals surface area contributed by atoms with Gasteiger partial charge in [0.25, 0.3) is 0 Å². The van der Waals surface area contributed by atoms with Crippen LogP contribution < -0.4 is 5.43 Å². The molecule has 0 aliphatic carbocycles. The first-order chi connectivity index (χ1) is 5.20. The second-order valence-corrected chi connectivity index (χ2v) is 2.95. The van der Waals surface area contributed by atoms with Crippen LogP contribution in [-0.4, -0.2) is 50.7 Å². The summed E-state index contributed by atoms with van der Waals surface area (Å²) in [5, 5.41) is 2.09. The average molecular weight is 159 g/mol. The van der Waals surface area contributed by atoms with E-state index in [-0.39, 0.29) is 0 Å². The SMILES string of the molecule is CCCN(C)CCN(C)NC. The van der Waals surface area contributed by atoms with Crippen molar-refractivity contribution in [2.45, 2.75) is 13.3 Å². The molecule has 11 heavy (non-hydrogen) atoms. The second kappa shape index (κ2) is 6.58. The fourth-order valence-corrected chi connectivity index (χ4v) is 0.926. The molecule has 0 heterocycles. The van der Waals surface area contributed by atoms with Gasteiger partial charge in [-0.3, -0.25) is 5.43 Å². The molecule has 0 saturated heterocycles. The van der Waals surface area contributed by atoms with E-state index in [1.807, 2.05) is 7.05 Å². The molecule has 0 unspecified atom stereocenters. The molecule has 0 aromatic rings. The van der Waals surface area contributed by atoms with E-state index in [0.29, 0.717) is 0 Å². The molecule has 68 valence electrons. The molecule has 0 atom stereocenters. The Bertz CT molecular complexity index is 85.4. The Kier molecular flexibility index (Phi) is 6.51. The number of likely N-dealkylation sites (N-methyl/N-ethyl adjacent to an activating group) is 2. The third-order valence-corrected chi connectivity index (χ3v) is 1.80. The number of hydrogen-bond acceptors (Lipinski definition) is 3. The quantitative estimate of drug-likeness (QED) is 0.566. The number of hydrazine groups is 1. The fourth-order valence-electron chi connectivity index (χ4n) is 0.926. The maximum atomic E-state index is 3.07. The summed E-state index contributed by atoms with van der Waals surface area (Å²) in [5.74, 6) is 0. The standard InChI is InChI=1S/C8H21N3/c1-5-6-10(3)7-8-11(4)9-2/h9H,5-8H2,1-4H3. The van der Waals surface area contributed by atoms with Gasteiger partial charge < -0.3 is 4.90 Å². The first-order valence-electron chi connectivity index (χ1n) is 4.27. The van der Waals surface area contributed by atoms with Crippen LogP contribution in [0.15, 0.2) is 0 Å². The Balaban J connectivity index is 3.22. The Morgan fingerprint density at radius 2 is 1.73 bits per heavy atom. The number of nitrogens with zero attached hydrogens (tertiary/aromatic N) is 2. The van der Waals surface area contributed by atoms with Crippen molar-refractivity contribution in [3.8, 4) is 0 Å². The monoisotopic (exact) mass is 159 g/mol. The minimum atomic E-state index is 1.08. The van der Waals surface area contributed by atoms with E-state index in [9.17, 15) is 0 Å². The molecule has 0 fully saturated rings. The van der Waals surface area contributed by atoms with Gasteiger partial charge in [0, 0.05) is 20.1 Å². The van der Waals surface area contributed by atoms with Crippen LogP contribution in [0, 0.1) is 0 Å². The Morgan fingerprint density at radius 1 is 1.09 bits per heavy atom. The van der Waals surface area contributed by atoms with Gasteiger partial charge in [0.05, 0.1) is 0 Å². The van der Waals surface area contributed by atoms with Crippen LogP contribution >= 0.6 is 0 Å². The molecule has 1 N–H and O–H groups in total. The lowest BCUT2D eigenvalue weighted by molar-refractivity contribution is 0.215. The molecule has 0 aromatic heterocycles. The zero-order valence-corrected chi connectivity index (χ0v) is 8.22. The Hall–Kier alpha value is -0.120. The topological polar surface area (TPSA) is 18.5 Å². The minimum Gasteiger partial charge on any atom is -0.305 e. The molecule has 3 heteroatoms. The van der Waals surface area contributed by atoms with E-state index in [2.05, 4.69) is 36.4 Å². The third-order valence-electron chi connectivity index (χ3n) is 1.80. The van der Waals surface area contributed by atoms with E-state index in [0.717, 1.165) is 13.1 Å². The lowest BCUT2D eigenvalue weighted by Gasteiger charge is -2.20. The zero-order valence-electron chi connectivity index (χ0n) is 8.22. The molecule has 0 aliphatic rings. The van der Waals surface area contributed by atoms with Crippen LogP contribution in [0.2, 0.25) is 0 Å². The highest BCUT2D eigenvalue weighted by Gasteiger charge is 1.97. The summed E-state index contributed by atoms with van der Waals surface area (Å²) in [7, 11) is 6.16. The summed E-state index contributed by atoms with van der Waals surface area (Å²) in [6.07, 6.45) is 1.24. The molecular formula is C8H21N3. The van der Waals surface area contributed by atoms with Gasteiger partial charge in [0.2, 0.25) is 0 Å². The van der Waals surface area contributed by atoms with Gasteiger partial charge in [-0.1, -0.05) is 6.92 Å². The zero-order chi connectivity index (χ0) is 8.69. The van der Waals surface area contributed by atoms with Crippen LogP contribution in [0.3, 0.4) is 0 Å². The first kappa shape index (κ1) is 10.9. The molecule has 0 saturated carbocycles. The molecule has 0 bridgehead atoms. The van der Waals surface area contributed by atoms with Crippen molar-refractivity contribution in [1.82, 2.24) is 15.3 Å². The third kappa shape index (κ3) is 6.28. The van der Waals surface area contributed by atoms with E-state index in [4.69, 9.17) is 0 Å². The maximum absolute atomic E-state index is 3.07. The lowest BCUT2D eigenvalue weighted by atomic mass is 10.4. The van der Waals surface area contributed by atoms with E-state index < -0.39 is 0 Å². The lowest BCUT2D eigenvalue weighted by Crippen LogP contribution is -2.37. The number of nitrogens with one attached hydrogen (secondary N) is 1. The predicted molar refractivity (Wildman–Crippen MR) is 49.5 cm³/mol. The minimum absolute atomic E-state index is 1.08. The molecular weight excluding hydrogens is 138 g/mol. The average Bonchev–Trinajstić information content (AvgIpc) is 2.01. The van der Waals surface area contributed by atoms with E-state index in [1.165, 1.54) is 13.0 Å². The van der Waals surface area contributed by atoms with Gasteiger partial charge in [-0.15, -0.1) is 0 Å². The molecule has 3 nitrogen and oxygen atoms in total. The van der Waals surface area contributed by atoms with Crippen LogP contribution in [0.25, 0.3) is 0 Å². The van der Waals surface area contributed by atoms with Gasteiger partial charge >= 0.3 is 0 Å². The smallest absolute Gasteiger partial charge is 0.0255 e. The van der Waals surface area contributed by atoms with Crippen molar-refractivity contribution in [3.63, 3.8) is 0 Å². The molecule has 0 aromatic carbocycles. The van der Waals surface area contributed by atoms with Gasteiger partial charge in [-0.2, -0.15) is 0 Å². The molecule has 0 spiro atoms. The fraction of sp³-hybridized carbons (Fsp3) is 1.00. The van der Waals surface area contributed by atoms with Crippen LogP contribution in [-0.2, 0) is 0 Å². The first-order valence-corrected chi connectivity index (χ1v) is 4.27.